The van der Waals surface area contributed by atoms with Gasteiger partial charge in [-0.15, -0.1) is 0 Å². The van der Waals surface area contributed by atoms with E-state index in [-0.39, 0.29) is 71.3 Å². The van der Waals surface area contributed by atoms with Gasteiger partial charge in [0.1, 0.15) is 0 Å². The molecule has 0 aromatic rings. The first-order chi connectivity index (χ1) is 0. The van der Waals surface area contributed by atoms with Crippen LogP contribution in [0.25, 0.3) is 0 Å². The van der Waals surface area contributed by atoms with Gasteiger partial charge in [-0.1, -0.05) is 0 Å². The molecule has 1 radical (unpaired) electrons. The fourth-order valence-corrected chi connectivity index (χ4v) is 0. The van der Waals surface area contributed by atoms with Crippen LogP contribution in [0, 0.1) is 0 Å². The Morgan fingerprint density at radius 2 is 1.25 bits per heavy atom. The predicted molar refractivity (Wildman–Crippen MR) is 29.3 cm³/mol. The summed E-state index contributed by atoms with van der Waals surface area (Å²) in [6, 6.07) is 0. The molecule has 0 saturated carbocycles. The quantitative estimate of drug-likeness (QED) is 0.329. The van der Waals surface area contributed by atoms with Crippen LogP contribution < -0.4 is 0 Å². The normalized spacial score (nSPS) is 0. The van der Waals surface area contributed by atoms with Crippen molar-refractivity contribution >= 4 is 51.4 Å². The van der Waals surface area contributed by atoms with Crippen molar-refractivity contribution in [1.82, 2.24) is 0 Å². The first kappa shape index (κ1) is 36.9. The van der Waals surface area contributed by atoms with Crippen LogP contribution in [-0.2, 0) is 17.1 Å². The molecule has 0 nitrogen and oxygen atoms in total. The van der Waals surface area contributed by atoms with Gasteiger partial charge in [-0.25, -0.2) is 0 Å². The van der Waals surface area contributed by atoms with E-state index in [1.54, 1.807) is 0 Å². The van der Waals surface area contributed by atoms with E-state index in [1.165, 1.54) is 0 Å². The van der Waals surface area contributed by atoms with Crippen LogP contribution in [0.5, 0.6) is 0 Å². The Balaban J connectivity index is 0. The summed E-state index contributed by atoms with van der Waals surface area (Å²) in [6.45, 7) is 0. The van der Waals surface area contributed by atoms with Gasteiger partial charge in [0.05, 0.1) is 0 Å². The van der Waals surface area contributed by atoms with Gasteiger partial charge in [0.2, 0.25) is 0 Å². The van der Waals surface area contributed by atoms with Gasteiger partial charge in [0, 0.05) is 17.1 Å². The van der Waals surface area contributed by atoms with Crippen LogP contribution in [0.2, 0.25) is 0 Å². The van der Waals surface area contributed by atoms with E-state index in [4.69, 9.17) is 0 Å². The van der Waals surface area contributed by atoms with Gasteiger partial charge in [-0.05, 0) is 11.0 Å². The maximum atomic E-state index is 0. The minimum absolute atomic E-state index is 0. The van der Waals surface area contributed by atoms with Crippen molar-refractivity contribution in [3.05, 3.63) is 0 Å². The zero-order valence-electron chi connectivity index (χ0n) is 3.01. The molecule has 4 heteroatoms. The van der Waals surface area contributed by atoms with Crippen molar-refractivity contribution in [3.63, 3.8) is 0 Å². The topological polar surface area (TPSA) is 0 Å². The standard InChI is InChI=1S/Al.Cu.Mg.H4Si.5H/h;;;1H4;;;;;/q;;+2;;;;;2*-1. The van der Waals surface area contributed by atoms with Crippen LogP contribution >= 0.6 is 0 Å². The zero-order valence-corrected chi connectivity index (χ0v) is 3.36. The van der Waals surface area contributed by atoms with Crippen LogP contribution in [-0.4, -0.2) is 51.4 Å². The van der Waals surface area contributed by atoms with Crippen molar-refractivity contribution in [3.8, 4) is 0 Å². The average molecular weight is 152 g/mol. The SMILES string of the molecule is [AlH3].[Cu].[H-].[H-].[Mg+2].[SiH4]. The van der Waals surface area contributed by atoms with Crippen LogP contribution in [0.4, 0.5) is 0 Å². The van der Waals surface area contributed by atoms with Crippen molar-refractivity contribution in [2.24, 2.45) is 0 Å². The Hall–Kier alpha value is 2.04. The molecular weight excluding hydrogens is 143 g/mol. The van der Waals surface area contributed by atoms with E-state index in [0.29, 0.717) is 0 Å². The summed E-state index contributed by atoms with van der Waals surface area (Å²) in [7, 11) is 0. The number of rotatable bonds is 0. The van der Waals surface area contributed by atoms with Crippen molar-refractivity contribution in [2.75, 3.05) is 0 Å². The second kappa shape index (κ2) is 19.8. The summed E-state index contributed by atoms with van der Waals surface area (Å²) < 4.78 is 0. The molecule has 0 atom stereocenters. The summed E-state index contributed by atoms with van der Waals surface area (Å²) in [5.41, 5.74) is 0. The molecule has 0 aromatic carbocycles. The van der Waals surface area contributed by atoms with E-state index in [2.05, 4.69) is 0 Å². The molecule has 0 aliphatic rings. The summed E-state index contributed by atoms with van der Waals surface area (Å²) in [5.74, 6) is 0. The third-order valence-corrected chi connectivity index (χ3v) is 0. The molecule has 0 heterocycles. The second-order valence-electron chi connectivity index (χ2n) is 0. The summed E-state index contributed by atoms with van der Waals surface area (Å²) in [4.78, 5) is 0. The maximum Gasteiger partial charge on any atom is 2.00 e. The van der Waals surface area contributed by atoms with Gasteiger partial charge >= 0.3 is 23.1 Å². The van der Waals surface area contributed by atoms with Crippen molar-refractivity contribution in [1.29, 1.82) is 0 Å². The molecule has 0 aliphatic carbocycles. The molecule has 0 amide bonds. The minimum Gasteiger partial charge on any atom is -1.00 e. The monoisotopic (exact) mass is 151 g/mol. The molecule has 0 rings (SSSR count). The molecule has 29 valence electrons. The Labute approximate surface area is 70.9 Å². The summed E-state index contributed by atoms with van der Waals surface area (Å²) >= 11 is 0. The largest absolute Gasteiger partial charge is 2.00 e. The fraction of sp³-hybridized carbons (Fsp3) is 0. The number of hydrogen-bond acceptors (Lipinski definition) is 0. The third kappa shape index (κ3) is 8.97. The molecule has 0 spiro atoms. The minimum atomic E-state index is 0. The van der Waals surface area contributed by atoms with Gasteiger partial charge in [-0.2, -0.15) is 0 Å². The van der Waals surface area contributed by atoms with E-state index in [9.17, 15) is 0 Å². The fourth-order valence-electron chi connectivity index (χ4n) is 0. The first-order valence-corrected chi connectivity index (χ1v) is 0. The molecule has 0 fully saturated rings. The van der Waals surface area contributed by atoms with Crippen LogP contribution in [0.15, 0.2) is 0 Å². The second-order valence-corrected chi connectivity index (χ2v) is 0. The number of hydrogen-bond donors (Lipinski definition) is 0. The van der Waals surface area contributed by atoms with Gasteiger partial charge < -0.3 is 2.85 Å². The Bertz CT molecular complexity index is 13.5. The van der Waals surface area contributed by atoms with Gasteiger partial charge in [-0.3, -0.25) is 0 Å². The molecular formula is H9AlCuMgSi. The molecule has 0 bridgehead atoms. The zero-order chi connectivity index (χ0) is 0. The van der Waals surface area contributed by atoms with Crippen molar-refractivity contribution < 1.29 is 19.9 Å². The van der Waals surface area contributed by atoms with Crippen LogP contribution in [0.1, 0.15) is 2.85 Å². The maximum absolute atomic E-state index is 0. The molecule has 0 aromatic heterocycles. The molecule has 0 saturated heterocycles. The Morgan fingerprint density at radius 1 is 1.25 bits per heavy atom. The molecule has 0 unspecified atom stereocenters. The summed E-state index contributed by atoms with van der Waals surface area (Å²) in [5, 5.41) is 0. The van der Waals surface area contributed by atoms with E-state index >= 15 is 0 Å². The molecule has 4 heavy (non-hydrogen) atoms. The van der Waals surface area contributed by atoms with Gasteiger partial charge in [0.25, 0.3) is 0 Å². The smallest absolute Gasteiger partial charge is 1.00 e. The Morgan fingerprint density at radius 3 is 1.25 bits per heavy atom. The average Bonchev–Trinajstić information content (AvgIpc) is 0. The summed E-state index contributed by atoms with van der Waals surface area (Å²) in [6.07, 6.45) is 0. The van der Waals surface area contributed by atoms with E-state index in [1.807, 2.05) is 0 Å². The first-order valence-electron chi connectivity index (χ1n) is 0. The Kier molecular flexibility index (Phi) is 183. The predicted octanol–water partition coefficient (Wildman–Crippen LogP) is -2.79. The molecule has 0 aliphatic heterocycles. The third-order valence-electron chi connectivity index (χ3n) is 0. The van der Waals surface area contributed by atoms with Gasteiger partial charge in [0.15, 0.2) is 17.4 Å². The van der Waals surface area contributed by atoms with Crippen LogP contribution in [0.3, 0.4) is 0 Å². The van der Waals surface area contributed by atoms with Crippen molar-refractivity contribution in [2.45, 2.75) is 0 Å². The van der Waals surface area contributed by atoms with E-state index in [0.717, 1.165) is 0 Å². The molecule has 0 N–H and O–H groups in total. The van der Waals surface area contributed by atoms with E-state index < -0.39 is 0 Å².